The maximum atomic E-state index is 11.2. The standard InChI is InChI=1S/C6H7BrClNOS/c1-2-3-9-6(10)4(7)5(8)11-9/h2-3H2,1H3. The molecular formula is C6H7BrClNOS. The Labute approximate surface area is 82.1 Å². The summed E-state index contributed by atoms with van der Waals surface area (Å²) in [6.45, 7) is 2.77. The van der Waals surface area contributed by atoms with Crippen molar-refractivity contribution in [3.8, 4) is 0 Å². The summed E-state index contributed by atoms with van der Waals surface area (Å²) in [4.78, 5) is 11.2. The van der Waals surface area contributed by atoms with E-state index in [1.807, 2.05) is 6.92 Å². The van der Waals surface area contributed by atoms with Crippen LogP contribution in [0.1, 0.15) is 13.3 Å². The third-order valence-electron chi connectivity index (χ3n) is 1.20. The van der Waals surface area contributed by atoms with E-state index in [0.29, 0.717) is 8.81 Å². The average Bonchev–Trinajstić information content (AvgIpc) is 2.19. The van der Waals surface area contributed by atoms with Gasteiger partial charge in [-0.15, -0.1) is 0 Å². The van der Waals surface area contributed by atoms with Crippen molar-refractivity contribution in [2.45, 2.75) is 19.9 Å². The van der Waals surface area contributed by atoms with Crippen molar-refractivity contribution in [2.75, 3.05) is 0 Å². The number of aromatic nitrogens is 1. The molecule has 0 N–H and O–H groups in total. The highest BCUT2D eigenvalue weighted by Crippen LogP contribution is 2.23. The molecule has 11 heavy (non-hydrogen) atoms. The van der Waals surface area contributed by atoms with Crippen molar-refractivity contribution >= 4 is 39.1 Å². The van der Waals surface area contributed by atoms with Crippen molar-refractivity contribution in [1.82, 2.24) is 3.96 Å². The van der Waals surface area contributed by atoms with E-state index in [9.17, 15) is 4.79 Å². The SMILES string of the molecule is CCCn1sc(Cl)c(Br)c1=O. The summed E-state index contributed by atoms with van der Waals surface area (Å²) in [6.07, 6.45) is 0.948. The van der Waals surface area contributed by atoms with Crippen LogP contribution in [0.4, 0.5) is 0 Å². The van der Waals surface area contributed by atoms with E-state index in [-0.39, 0.29) is 5.56 Å². The molecule has 1 aromatic rings. The van der Waals surface area contributed by atoms with Gasteiger partial charge < -0.3 is 0 Å². The Morgan fingerprint density at radius 1 is 1.73 bits per heavy atom. The molecule has 1 rings (SSSR count). The van der Waals surface area contributed by atoms with E-state index >= 15 is 0 Å². The maximum absolute atomic E-state index is 11.2. The molecular weight excluding hydrogens is 249 g/mol. The zero-order chi connectivity index (χ0) is 8.43. The van der Waals surface area contributed by atoms with Crippen LogP contribution in [0.5, 0.6) is 0 Å². The van der Waals surface area contributed by atoms with E-state index in [1.165, 1.54) is 11.5 Å². The molecule has 0 amide bonds. The van der Waals surface area contributed by atoms with Crippen molar-refractivity contribution in [3.63, 3.8) is 0 Å². The van der Waals surface area contributed by atoms with Gasteiger partial charge in [-0.3, -0.25) is 8.75 Å². The lowest BCUT2D eigenvalue weighted by molar-refractivity contribution is 0.712. The number of halogens is 2. The minimum Gasteiger partial charge on any atom is -0.267 e. The second kappa shape index (κ2) is 3.74. The van der Waals surface area contributed by atoms with E-state index in [2.05, 4.69) is 15.9 Å². The van der Waals surface area contributed by atoms with Crippen molar-refractivity contribution < 1.29 is 0 Å². The molecule has 1 heterocycles. The van der Waals surface area contributed by atoms with Gasteiger partial charge in [-0.05, 0) is 33.9 Å². The topological polar surface area (TPSA) is 22.0 Å². The molecule has 0 fully saturated rings. The third-order valence-corrected chi connectivity index (χ3v) is 3.76. The van der Waals surface area contributed by atoms with Gasteiger partial charge in [0.25, 0.3) is 5.56 Å². The smallest absolute Gasteiger partial charge is 0.267 e. The number of hydrogen-bond acceptors (Lipinski definition) is 2. The number of rotatable bonds is 2. The van der Waals surface area contributed by atoms with Gasteiger partial charge in [0, 0.05) is 6.54 Å². The van der Waals surface area contributed by atoms with E-state index in [4.69, 9.17) is 11.6 Å². The Balaban J connectivity index is 3.09. The second-order valence-electron chi connectivity index (χ2n) is 2.09. The Kier molecular flexibility index (Phi) is 3.16. The lowest BCUT2D eigenvalue weighted by Gasteiger charge is -1.92. The summed E-state index contributed by atoms with van der Waals surface area (Å²) in [5, 5.41) is 0. The first kappa shape index (κ1) is 9.29. The Hall–Kier alpha value is 0.200. The predicted octanol–water partition coefficient (Wildman–Crippen LogP) is 2.74. The van der Waals surface area contributed by atoms with Crippen LogP contribution in [-0.2, 0) is 6.54 Å². The van der Waals surface area contributed by atoms with Crippen LogP contribution in [-0.4, -0.2) is 3.96 Å². The Morgan fingerprint density at radius 2 is 2.36 bits per heavy atom. The van der Waals surface area contributed by atoms with Crippen molar-refractivity contribution in [3.05, 3.63) is 19.2 Å². The Morgan fingerprint density at radius 3 is 2.73 bits per heavy atom. The van der Waals surface area contributed by atoms with Crippen LogP contribution in [0.25, 0.3) is 0 Å². The molecule has 62 valence electrons. The summed E-state index contributed by atoms with van der Waals surface area (Å²) < 4.78 is 2.66. The van der Waals surface area contributed by atoms with Crippen LogP contribution < -0.4 is 5.56 Å². The van der Waals surface area contributed by atoms with Gasteiger partial charge in [0.2, 0.25) is 0 Å². The van der Waals surface area contributed by atoms with Crippen molar-refractivity contribution in [2.24, 2.45) is 0 Å². The van der Waals surface area contributed by atoms with Gasteiger partial charge >= 0.3 is 0 Å². The van der Waals surface area contributed by atoms with Gasteiger partial charge in [-0.1, -0.05) is 18.5 Å². The van der Waals surface area contributed by atoms with E-state index in [1.54, 1.807) is 3.96 Å². The molecule has 0 atom stereocenters. The van der Waals surface area contributed by atoms with Gasteiger partial charge in [0.15, 0.2) is 0 Å². The zero-order valence-corrected chi connectivity index (χ0v) is 9.09. The van der Waals surface area contributed by atoms with Crippen LogP contribution in [0, 0.1) is 0 Å². The monoisotopic (exact) mass is 255 g/mol. The zero-order valence-electron chi connectivity index (χ0n) is 5.93. The molecule has 0 aliphatic carbocycles. The third kappa shape index (κ3) is 1.86. The minimum absolute atomic E-state index is 0.0261. The molecule has 0 spiro atoms. The first-order valence-corrected chi connectivity index (χ1v) is 5.16. The Bertz CT molecular complexity index is 306. The van der Waals surface area contributed by atoms with E-state index in [0.717, 1.165) is 13.0 Å². The number of aryl methyl sites for hydroxylation is 1. The normalized spacial score (nSPS) is 10.5. The fourth-order valence-corrected chi connectivity index (χ4v) is 2.41. The van der Waals surface area contributed by atoms with Gasteiger partial charge in [0.05, 0.1) is 0 Å². The average molecular weight is 257 g/mol. The maximum Gasteiger partial charge on any atom is 0.276 e. The van der Waals surface area contributed by atoms with Crippen LogP contribution in [0.15, 0.2) is 9.27 Å². The highest BCUT2D eigenvalue weighted by Gasteiger charge is 2.08. The van der Waals surface area contributed by atoms with Gasteiger partial charge in [0.1, 0.15) is 8.81 Å². The largest absolute Gasteiger partial charge is 0.276 e. The van der Waals surface area contributed by atoms with Crippen LogP contribution in [0.2, 0.25) is 4.34 Å². The van der Waals surface area contributed by atoms with E-state index < -0.39 is 0 Å². The van der Waals surface area contributed by atoms with Gasteiger partial charge in [-0.25, -0.2) is 0 Å². The first-order valence-electron chi connectivity index (χ1n) is 3.22. The summed E-state index contributed by atoms with van der Waals surface area (Å²) in [5.74, 6) is 0. The lowest BCUT2D eigenvalue weighted by Crippen LogP contribution is -2.12. The van der Waals surface area contributed by atoms with Crippen LogP contribution >= 0.6 is 39.1 Å². The molecule has 0 saturated heterocycles. The predicted molar refractivity (Wildman–Crippen MR) is 51.6 cm³/mol. The fourth-order valence-electron chi connectivity index (χ4n) is 0.722. The molecule has 0 radical (unpaired) electrons. The summed E-state index contributed by atoms with van der Waals surface area (Å²) in [7, 11) is 0. The molecule has 0 aliphatic heterocycles. The summed E-state index contributed by atoms with van der Waals surface area (Å²) in [6, 6.07) is 0. The molecule has 0 unspecified atom stereocenters. The highest BCUT2D eigenvalue weighted by molar-refractivity contribution is 9.10. The first-order chi connectivity index (χ1) is 5.16. The molecule has 2 nitrogen and oxygen atoms in total. The molecule has 0 aliphatic rings. The van der Waals surface area contributed by atoms with Gasteiger partial charge in [-0.2, -0.15) is 0 Å². The summed E-state index contributed by atoms with van der Waals surface area (Å²) >= 11 is 10.1. The molecule has 0 bridgehead atoms. The lowest BCUT2D eigenvalue weighted by atomic mass is 10.5. The van der Waals surface area contributed by atoms with Crippen LogP contribution in [0.3, 0.4) is 0 Å². The number of hydrogen-bond donors (Lipinski definition) is 0. The molecule has 0 aromatic carbocycles. The van der Waals surface area contributed by atoms with Crippen molar-refractivity contribution in [1.29, 1.82) is 0 Å². The molecule has 0 saturated carbocycles. The fraction of sp³-hybridized carbons (Fsp3) is 0.500. The molecule has 1 aromatic heterocycles. The second-order valence-corrected chi connectivity index (χ2v) is 4.51. The number of nitrogens with zero attached hydrogens (tertiary/aromatic N) is 1. The molecule has 5 heteroatoms. The highest BCUT2D eigenvalue weighted by atomic mass is 79.9. The minimum atomic E-state index is -0.0261. The quantitative estimate of drug-likeness (QED) is 0.797. The summed E-state index contributed by atoms with van der Waals surface area (Å²) in [5.41, 5.74) is -0.0261.